The van der Waals surface area contributed by atoms with Gasteiger partial charge in [-0.3, -0.25) is 0 Å². The van der Waals surface area contributed by atoms with Crippen LogP contribution in [-0.4, -0.2) is 38.1 Å². The number of rotatable bonds is 8. The molecule has 0 bridgehead atoms. The lowest BCUT2D eigenvalue weighted by Crippen LogP contribution is -2.32. The third-order valence-corrected chi connectivity index (χ3v) is 3.69. The fraction of sp³-hybridized carbons (Fsp3) is 0.625. The van der Waals surface area contributed by atoms with Crippen LogP contribution in [0.1, 0.15) is 32.8 Å². The number of likely N-dealkylation sites (N-methyl/N-ethyl adjacent to an activating group) is 1. The van der Waals surface area contributed by atoms with E-state index in [9.17, 15) is 0 Å². The Balaban J connectivity index is 2.26. The van der Waals surface area contributed by atoms with Crippen LogP contribution in [0.5, 0.6) is 0 Å². The van der Waals surface area contributed by atoms with Crippen LogP contribution in [0.15, 0.2) is 30.3 Å². The maximum Gasteiger partial charge on any atom is 0.0104 e. The number of benzene rings is 1. The third kappa shape index (κ3) is 5.19. The average molecular weight is 248 g/mol. The van der Waals surface area contributed by atoms with Crippen LogP contribution < -0.4 is 5.32 Å². The molecule has 0 aromatic heterocycles. The summed E-state index contributed by atoms with van der Waals surface area (Å²) in [6, 6.07) is 10.8. The van der Waals surface area contributed by atoms with Gasteiger partial charge in [-0.1, -0.05) is 51.1 Å². The number of hydrogen-bond acceptors (Lipinski definition) is 2. The van der Waals surface area contributed by atoms with Gasteiger partial charge >= 0.3 is 0 Å². The molecule has 2 heteroatoms. The van der Waals surface area contributed by atoms with E-state index in [1.54, 1.807) is 0 Å². The number of hydrogen-bond donors (Lipinski definition) is 1. The lowest BCUT2D eigenvalue weighted by Gasteiger charge is -2.25. The van der Waals surface area contributed by atoms with Crippen molar-refractivity contribution in [3.8, 4) is 0 Å². The Morgan fingerprint density at radius 3 is 2.39 bits per heavy atom. The Morgan fingerprint density at radius 1 is 1.11 bits per heavy atom. The van der Waals surface area contributed by atoms with Crippen molar-refractivity contribution >= 4 is 0 Å². The lowest BCUT2D eigenvalue weighted by atomic mass is 9.81. The second kappa shape index (κ2) is 7.55. The van der Waals surface area contributed by atoms with Crippen molar-refractivity contribution in [2.24, 2.45) is 0 Å². The first kappa shape index (κ1) is 15.2. The summed E-state index contributed by atoms with van der Waals surface area (Å²) in [6.45, 7) is 11.2. The molecule has 0 heterocycles. The topological polar surface area (TPSA) is 15.3 Å². The number of nitrogens with zero attached hydrogens (tertiary/aromatic N) is 1. The smallest absolute Gasteiger partial charge is 0.0104 e. The van der Waals surface area contributed by atoms with Crippen molar-refractivity contribution in [2.45, 2.75) is 32.6 Å². The van der Waals surface area contributed by atoms with Crippen LogP contribution in [0, 0.1) is 0 Å². The van der Waals surface area contributed by atoms with Gasteiger partial charge in [-0.05, 0) is 37.5 Å². The van der Waals surface area contributed by atoms with Crippen LogP contribution in [-0.2, 0) is 5.41 Å². The fourth-order valence-corrected chi connectivity index (χ4v) is 1.99. The lowest BCUT2D eigenvalue weighted by molar-refractivity contribution is 0.344. The van der Waals surface area contributed by atoms with Gasteiger partial charge in [0.05, 0.1) is 0 Å². The van der Waals surface area contributed by atoms with E-state index in [-0.39, 0.29) is 5.41 Å². The Morgan fingerprint density at radius 2 is 1.78 bits per heavy atom. The standard InChI is InChI=1S/C16H28N2/c1-5-18(4)14-13-17-12-11-16(2,3)15-9-7-6-8-10-15/h6-10,17H,5,11-14H2,1-4H3. The Labute approximate surface area is 112 Å². The molecule has 0 aliphatic rings. The molecule has 0 atom stereocenters. The Hall–Kier alpha value is -0.860. The molecule has 1 aromatic rings. The summed E-state index contributed by atoms with van der Waals surface area (Å²) < 4.78 is 0. The monoisotopic (exact) mass is 248 g/mol. The highest BCUT2D eigenvalue weighted by Crippen LogP contribution is 2.25. The van der Waals surface area contributed by atoms with Gasteiger partial charge in [0.25, 0.3) is 0 Å². The molecule has 0 unspecified atom stereocenters. The molecule has 2 nitrogen and oxygen atoms in total. The molecule has 0 fully saturated rings. The molecule has 0 radical (unpaired) electrons. The minimum atomic E-state index is 0.255. The summed E-state index contributed by atoms with van der Waals surface area (Å²) in [7, 11) is 2.16. The highest BCUT2D eigenvalue weighted by atomic mass is 15.1. The summed E-state index contributed by atoms with van der Waals surface area (Å²) >= 11 is 0. The minimum Gasteiger partial charge on any atom is -0.315 e. The van der Waals surface area contributed by atoms with E-state index in [0.717, 1.165) is 26.2 Å². The van der Waals surface area contributed by atoms with Gasteiger partial charge in [0.1, 0.15) is 0 Å². The summed E-state index contributed by atoms with van der Waals surface area (Å²) in [5.41, 5.74) is 1.68. The zero-order valence-electron chi connectivity index (χ0n) is 12.4. The van der Waals surface area contributed by atoms with Gasteiger partial charge in [-0.15, -0.1) is 0 Å². The Kier molecular flexibility index (Phi) is 6.37. The number of nitrogens with one attached hydrogen (secondary N) is 1. The van der Waals surface area contributed by atoms with Crippen LogP contribution in [0.2, 0.25) is 0 Å². The van der Waals surface area contributed by atoms with Crippen molar-refractivity contribution < 1.29 is 0 Å². The van der Waals surface area contributed by atoms with E-state index in [2.05, 4.69) is 68.4 Å². The van der Waals surface area contributed by atoms with Gasteiger partial charge in [0, 0.05) is 13.1 Å². The first-order chi connectivity index (χ1) is 8.56. The van der Waals surface area contributed by atoms with Crippen LogP contribution in [0.4, 0.5) is 0 Å². The normalized spacial score (nSPS) is 12.1. The summed E-state index contributed by atoms with van der Waals surface area (Å²) in [5, 5.41) is 3.53. The fourth-order valence-electron chi connectivity index (χ4n) is 1.99. The maximum absolute atomic E-state index is 3.53. The molecule has 1 N–H and O–H groups in total. The molecule has 0 spiro atoms. The van der Waals surface area contributed by atoms with E-state index < -0.39 is 0 Å². The van der Waals surface area contributed by atoms with Crippen LogP contribution >= 0.6 is 0 Å². The zero-order valence-corrected chi connectivity index (χ0v) is 12.4. The van der Waals surface area contributed by atoms with Crippen molar-refractivity contribution in [3.05, 3.63) is 35.9 Å². The molecule has 0 aliphatic carbocycles. The maximum atomic E-state index is 3.53. The SMILES string of the molecule is CCN(C)CCNCCC(C)(C)c1ccccc1. The first-order valence-corrected chi connectivity index (χ1v) is 7.01. The zero-order chi connectivity index (χ0) is 13.4. The van der Waals surface area contributed by atoms with E-state index >= 15 is 0 Å². The van der Waals surface area contributed by atoms with E-state index in [0.29, 0.717) is 0 Å². The second-order valence-electron chi connectivity index (χ2n) is 5.65. The van der Waals surface area contributed by atoms with Gasteiger partial charge < -0.3 is 10.2 Å². The van der Waals surface area contributed by atoms with E-state index in [1.807, 2.05) is 0 Å². The second-order valence-corrected chi connectivity index (χ2v) is 5.65. The largest absolute Gasteiger partial charge is 0.315 e. The van der Waals surface area contributed by atoms with Crippen molar-refractivity contribution in [3.63, 3.8) is 0 Å². The molecule has 0 saturated heterocycles. The van der Waals surface area contributed by atoms with Gasteiger partial charge in [-0.2, -0.15) is 0 Å². The first-order valence-electron chi connectivity index (χ1n) is 7.01. The predicted molar refractivity (Wildman–Crippen MR) is 80.1 cm³/mol. The molecular weight excluding hydrogens is 220 g/mol. The average Bonchev–Trinajstić information content (AvgIpc) is 2.39. The summed E-state index contributed by atoms with van der Waals surface area (Å²) in [4.78, 5) is 2.33. The van der Waals surface area contributed by atoms with E-state index in [4.69, 9.17) is 0 Å². The molecule has 0 aliphatic heterocycles. The molecule has 102 valence electrons. The molecule has 1 rings (SSSR count). The highest BCUT2D eigenvalue weighted by molar-refractivity contribution is 5.23. The molecular formula is C16H28N2. The van der Waals surface area contributed by atoms with Gasteiger partial charge in [0.15, 0.2) is 0 Å². The van der Waals surface area contributed by atoms with Crippen molar-refractivity contribution in [1.29, 1.82) is 0 Å². The quantitative estimate of drug-likeness (QED) is 0.712. The Bertz CT molecular complexity index is 319. The molecule has 1 aromatic carbocycles. The molecule has 18 heavy (non-hydrogen) atoms. The van der Waals surface area contributed by atoms with Crippen molar-refractivity contribution in [2.75, 3.05) is 33.2 Å². The van der Waals surface area contributed by atoms with Crippen LogP contribution in [0.25, 0.3) is 0 Å². The van der Waals surface area contributed by atoms with Crippen LogP contribution in [0.3, 0.4) is 0 Å². The van der Waals surface area contributed by atoms with E-state index in [1.165, 1.54) is 12.0 Å². The third-order valence-electron chi connectivity index (χ3n) is 3.69. The molecule has 0 amide bonds. The minimum absolute atomic E-state index is 0.255. The van der Waals surface area contributed by atoms with Gasteiger partial charge in [0.2, 0.25) is 0 Å². The van der Waals surface area contributed by atoms with Crippen molar-refractivity contribution in [1.82, 2.24) is 10.2 Å². The highest BCUT2D eigenvalue weighted by Gasteiger charge is 2.19. The summed E-state index contributed by atoms with van der Waals surface area (Å²) in [6.07, 6.45) is 1.17. The molecule has 0 saturated carbocycles. The predicted octanol–water partition coefficient (Wildman–Crippen LogP) is 2.90. The summed E-state index contributed by atoms with van der Waals surface area (Å²) in [5.74, 6) is 0. The van der Waals surface area contributed by atoms with Gasteiger partial charge in [-0.25, -0.2) is 0 Å².